The van der Waals surface area contributed by atoms with E-state index >= 15 is 0 Å². The number of hydrogen-bond donors (Lipinski definition) is 0. The van der Waals surface area contributed by atoms with E-state index in [4.69, 9.17) is 30.1 Å². The van der Waals surface area contributed by atoms with Crippen molar-refractivity contribution >= 4 is 0 Å². The number of rotatable bonds is 4. The van der Waals surface area contributed by atoms with Crippen LogP contribution in [0.25, 0.3) is 0 Å². The van der Waals surface area contributed by atoms with Gasteiger partial charge in [-0.05, 0) is 27.7 Å². The Morgan fingerprint density at radius 1 is 1.16 bits per heavy atom. The molecular formula is C14H22O5. The van der Waals surface area contributed by atoms with Gasteiger partial charge in [0, 0.05) is 0 Å². The van der Waals surface area contributed by atoms with Crippen LogP contribution in [-0.4, -0.2) is 49.7 Å². The van der Waals surface area contributed by atoms with E-state index in [9.17, 15) is 0 Å². The van der Waals surface area contributed by atoms with Crippen molar-refractivity contribution < 1.29 is 23.7 Å². The van der Waals surface area contributed by atoms with E-state index in [1.165, 1.54) is 0 Å². The van der Waals surface area contributed by atoms with E-state index in [1.54, 1.807) is 0 Å². The molecule has 2 rings (SSSR count). The summed E-state index contributed by atoms with van der Waals surface area (Å²) in [6.07, 6.45) is 4.59. The molecule has 0 N–H and O–H groups in total. The first kappa shape index (κ1) is 14.8. The number of ether oxygens (including phenoxy) is 5. The zero-order valence-corrected chi connectivity index (χ0v) is 12.0. The smallest absolute Gasteiger partial charge is 0.164 e. The van der Waals surface area contributed by atoms with Gasteiger partial charge in [0.05, 0.1) is 13.2 Å². The molecule has 0 aromatic carbocycles. The zero-order chi connectivity index (χ0) is 14.1. The molecule has 0 radical (unpaired) electrons. The first-order valence-corrected chi connectivity index (χ1v) is 6.52. The Kier molecular flexibility index (Phi) is 4.19. The third-order valence-electron chi connectivity index (χ3n) is 3.09. The van der Waals surface area contributed by atoms with Crippen molar-refractivity contribution in [2.45, 2.75) is 57.6 Å². The molecule has 0 aromatic rings. The Morgan fingerprint density at radius 3 is 2.47 bits per heavy atom. The minimum Gasteiger partial charge on any atom is -0.366 e. The van der Waals surface area contributed by atoms with E-state index in [1.807, 2.05) is 27.7 Å². The van der Waals surface area contributed by atoms with E-state index < -0.39 is 11.6 Å². The second kappa shape index (κ2) is 5.39. The first-order valence-electron chi connectivity index (χ1n) is 6.52. The van der Waals surface area contributed by atoms with Crippen LogP contribution in [0.15, 0.2) is 0 Å². The first-order chi connectivity index (χ1) is 8.83. The molecule has 0 aromatic heterocycles. The minimum absolute atomic E-state index is 0.156. The molecule has 0 unspecified atom stereocenters. The largest absolute Gasteiger partial charge is 0.366 e. The van der Waals surface area contributed by atoms with Gasteiger partial charge in [0.2, 0.25) is 0 Å². The van der Waals surface area contributed by atoms with Crippen molar-refractivity contribution in [3.05, 3.63) is 0 Å². The Balaban J connectivity index is 1.98. The van der Waals surface area contributed by atoms with Gasteiger partial charge >= 0.3 is 0 Å². The molecule has 3 atom stereocenters. The van der Waals surface area contributed by atoms with Crippen LogP contribution in [0.2, 0.25) is 0 Å². The lowest BCUT2D eigenvalue weighted by molar-refractivity contribution is -0.175. The second-order valence-corrected chi connectivity index (χ2v) is 5.72. The lowest BCUT2D eigenvalue weighted by atomic mass is 10.1. The van der Waals surface area contributed by atoms with Crippen LogP contribution in [0.1, 0.15) is 27.7 Å². The molecule has 0 bridgehead atoms. The highest BCUT2D eigenvalue weighted by atomic mass is 16.8. The summed E-state index contributed by atoms with van der Waals surface area (Å²) in [6, 6.07) is 0. The lowest BCUT2D eigenvalue weighted by Gasteiger charge is -2.23. The highest BCUT2D eigenvalue weighted by molar-refractivity contribution is 4.91. The van der Waals surface area contributed by atoms with Gasteiger partial charge in [-0.1, -0.05) is 5.92 Å². The Bertz CT molecular complexity index is 357. The van der Waals surface area contributed by atoms with Crippen molar-refractivity contribution in [2.75, 3.05) is 19.8 Å². The SMILES string of the molecule is C#CCOC[C@H]1OC(C)(C)O[C@@H]1[C@H]1COC(C)(C)O1. The third kappa shape index (κ3) is 3.68. The van der Waals surface area contributed by atoms with E-state index in [-0.39, 0.29) is 24.9 Å². The van der Waals surface area contributed by atoms with E-state index in [0.29, 0.717) is 13.2 Å². The van der Waals surface area contributed by atoms with Crippen molar-refractivity contribution in [1.82, 2.24) is 0 Å². The van der Waals surface area contributed by atoms with Crippen molar-refractivity contribution in [3.63, 3.8) is 0 Å². The molecule has 0 amide bonds. The van der Waals surface area contributed by atoms with Gasteiger partial charge in [-0.3, -0.25) is 0 Å². The fourth-order valence-corrected chi connectivity index (χ4v) is 2.42. The van der Waals surface area contributed by atoms with Crippen LogP contribution in [-0.2, 0) is 23.7 Å². The maximum atomic E-state index is 5.91. The van der Waals surface area contributed by atoms with Gasteiger partial charge in [-0.15, -0.1) is 6.42 Å². The predicted octanol–water partition coefficient (Wildman–Crippen LogP) is 1.31. The van der Waals surface area contributed by atoms with Crippen molar-refractivity contribution in [3.8, 4) is 12.3 Å². The Hall–Kier alpha value is -0.640. The highest BCUT2D eigenvalue weighted by Crippen LogP contribution is 2.35. The standard InChI is InChI=1S/C14H22O5/c1-6-7-15-8-10-12(19-14(4,5)18-10)11-9-16-13(2,3)17-11/h1,10-12H,7-9H2,2-5H3/t10-,11-,12+/m1/s1. The summed E-state index contributed by atoms with van der Waals surface area (Å²) in [5.74, 6) is 1.21. The molecule has 2 saturated heterocycles. The molecular weight excluding hydrogens is 248 g/mol. The van der Waals surface area contributed by atoms with E-state index in [2.05, 4.69) is 5.92 Å². The summed E-state index contributed by atoms with van der Waals surface area (Å²) in [6.45, 7) is 8.67. The topological polar surface area (TPSA) is 46.2 Å². The molecule has 0 spiro atoms. The number of hydrogen-bond acceptors (Lipinski definition) is 5. The minimum atomic E-state index is -0.648. The van der Waals surface area contributed by atoms with Crippen LogP contribution in [0.4, 0.5) is 0 Å². The summed E-state index contributed by atoms with van der Waals surface area (Å²) >= 11 is 0. The summed E-state index contributed by atoms with van der Waals surface area (Å²) < 4.78 is 28.5. The fraction of sp³-hybridized carbons (Fsp3) is 0.857. The Morgan fingerprint density at radius 2 is 1.89 bits per heavy atom. The normalized spacial score (nSPS) is 36.3. The average molecular weight is 270 g/mol. The van der Waals surface area contributed by atoms with Crippen LogP contribution in [0.5, 0.6) is 0 Å². The monoisotopic (exact) mass is 270 g/mol. The zero-order valence-electron chi connectivity index (χ0n) is 12.0. The molecule has 0 aliphatic carbocycles. The molecule has 2 aliphatic rings. The van der Waals surface area contributed by atoms with Crippen LogP contribution < -0.4 is 0 Å². The molecule has 5 heteroatoms. The van der Waals surface area contributed by atoms with Gasteiger partial charge in [-0.25, -0.2) is 0 Å². The average Bonchev–Trinajstić information content (AvgIpc) is 2.79. The molecule has 108 valence electrons. The molecule has 2 fully saturated rings. The van der Waals surface area contributed by atoms with Crippen LogP contribution >= 0.6 is 0 Å². The van der Waals surface area contributed by atoms with Gasteiger partial charge in [-0.2, -0.15) is 0 Å². The maximum Gasteiger partial charge on any atom is 0.164 e. The quantitative estimate of drug-likeness (QED) is 0.569. The second-order valence-electron chi connectivity index (χ2n) is 5.72. The third-order valence-corrected chi connectivity index (χ3v) is 3.09. The molecule has 2 heterocycles. The summed E-state index contributed by atoms with van der Waals surface area (Å²) in [5.41, 5.74) is 0. The van der Waals surface area contributed by atoms with Crippen LogP contribution in [0, 0.1) is 12.3 Å². The van der Waals surface area contributed by atoms with Crippen molar-refractivity contribution in [1.29, 1.82) is 0 Å². The van der Waals surface area contributed by atoms with Gasteiger partial charge < -0.3 is 23.7 Å². The summed E-state index contributed by atoms with van der Waals surface area (Å²) in [4.78, 5) is 0. The van der Waals surface area contributed by atoms with Crippen LogP contribution in [0.3, 0.4) is 0 Å². The fourth-order valence-electron chi connectivity index (χ4n) is 2.42. The molecule has 2 aliphatic heterocycles. The van der Waals surface area contributed by atoms with Gasteiger partial charge in [0.15, 0.2) is 11.6 Å². The van der Waals surface area contributed by atoms with Crippen molar-refractivity contribution in [2.24, 2.45) is 0 Å². The predicted molar refractivity (Wildman–Crippen MR) is 68.4 cm³/mol. The summed E-state index contributed by atoms with van der Waals surface area (Å²) in [5, 5.41) is 0. The van der Waals surface area contributed by atoms with Gasteiger partial charge in [0.25, 0.3) is 0 Å². The maximum absolute atomic E-state index is 5.91. The summed E-state index contributed by atoms with van der Waals surface area (Å²) in [7, 11) is 0. The molecule has 5 nitrogen and oxygen atoms in total. The van der Waals surface area contributed by atoms with Gasteiger partial charge in [0.1, 0.15) is 24.9 Å². The number of terminal acetylenes is 1. The Labute approximate surface area is 114 Å². The van der Waals surface area contributed by atoms with E-state index in [0.717, 1.165) is 0 Å². The molecule has 19 heavy (non-hydrogen) atoms. The lowest BCUT2D eigenvalue weighted by Crippen LogP contribution is -2.40. The molecule has 0 saturated carbocycles. The highest BCUT2D eigenvalue weighted by Gasteiger charge is 2.49.